The van der Waals surface area contributed by atoms with Gasteiger partial charge in [-0.15, -0.1) is 0 Å². The van der Waals surface area contributed by atoms with E-state index in [4.69, 9.17) is 4.74 Å². The van der Waals surface area contributed by atoms with Gasteiger partial charge in [0.15, 0.2) is 5.96 Å². The Balaban J connectivity index is 1.69. The van der Waals surface area contributed by atoms with E-state index in [0.717, 1.165) is 70.2 Å². The van der Waals surface area contributed by atoms with Gasteiger partial charge in [-0.25, -0.2) is 0 Å². The van der Waals surface area contributed by atoms with Crippen LogP contribution < -0.4 is 10.6 Å². The Morgan fingerprint density at radius 1 is 1.27 bits per heavy atom. The Hall–Kier alpha value is -0.660. The summed E-state index contributed by atoms with van der Waals surface area (Å²) in [7, 11) is 2.93. The minimum absolute atomic E-state index is 0.348. The first-order valence-electron chi connectivity index (χ1n) is 10.2. The summed E-state index contributed by atoms with van der Waals surface area (Å²) in [6.45, 7) is 7.19. The van der Waals surface area contributed by atoms with Gasteiger partial charge in [-0.05, 0) is 51.1 Å². The van der Waals surface area contributed by atoms with Crippen LogP contribution in [0.1, 0.15) is 45.4 Å². The molecule has 0 aromatic heterocycles. The van der Waals surface area contributed by atoms with E-state index in [1.54, 1.807) is 7.11 Å². The quantitative estimate of drug-likeness (QED) is 0.490. The first-order valence-corrected chi connectivity index (χ1v) is 11.6. The zero-order valence-electron chi connectivity index (χ0n) is 16.8. The average Bonchev–Trinajstić information content (AvgIpc) is 2.69. The van der Waals surface area contributed by atoms with Crippen LogP contribution in [0.25, 0.3) is 0 Å². The van der Waals surface area contributed by atoms with E-state index in [-0.39, 0.29) is 0 Å². The lowest BCUT2D eigenvalue weighted by molar-refractivity contribution is 0.121. The van der Waals surface area contributed by atoms with Gasteiger partial charge >= 0.3 is 0 Å². The van der Waals surface area contributed by atoms with Gasteiger partial charge in [0.2, 0.25) is 0 Å². The highest BCUT2D eigenvalue weighted by Gasteiger charge is 2.26. The Labute approximate surface area is 162 Å². The van der Waals surface area contributed by atoms with Gasteiger partial charge in [0, 0.05) is 55.1 Å². The summed E-state index contributed by atoms with van der Waals surface area (Å²) in [5, 5.41) is 7.44. The van der Waals surface area contributed by atoms with Crippen LogP contribution in [0.2, 0.25) is 0 Å². The van der Waals surface area contributed by atoms with E-state index >= 15 is 0 Å². The predicted molar refractivity (Wildman–Crippen MR) is 110 cm³/mol. The number of aliphatic imine (C=N–C) groups is 1. The molecule has 3 unspecified atom stereocenters. The number of nitrogens with zero attached hydrogens (tertiary/aromatic N) is 2. The van der Waals surface area contributed by atoms with Crippen LogP contribution in [-0.2, 0) is 15.5 Å². The molecule has 0 spiro atoms. The Morgan fingerprint density at radius 3 is 2.69 bits per heavy atom. The first kappa shape index (κ1) is 21.6. The number of hydrogen-bond acceptors (Lipinski definition) is 4. The second kappa shape index (κ2) is 11.9. The van der Waals surface area contributed by atoms with Gasteiger partial charge in [0.25, 0.3) is 0 Å². The van der Waals surface area contributed by atoms with Crippen molar-refractivity contribution in [2.75, 3.05) is 52.7 Å². The van der Waals surface area contributed by atoms with Crippen molar-refractivity contribution >= 4 is 16.8 Å². The molecule has 0 aromatic carbocycles. The normalized spacial score (nSPS) is 27.3. The molecule has 0 bridgehead atoms. The topological polar surface area (TPSA) is 66.0 Å². The van der Waals surface area contributed by atoms with Crippen LogP contribution in [0, 0.1) is 5.92 Å². The molecule has 1 heterocycles. The average molecular weight is 387 g/mol. The molecule has 1 aliphatic carbocycles. The van der Waals surface area contributed by atoms with Crippen LogP contribution in [0.4, 0.5) is 0 Å². The number of rotatable bonds is 8. The molecule has 2 N–H and O–H groups in total. The molecule has 1 aliphatic heterocycles. The van der Waals surface area contributed by atoms with E-state index in [2.05, 4.69) is 20.5 Å². The summed E-state index contributed by atoms with van der Waals surface area (Å²) >= 11 is 0. The summed E-state index contributed by atoms with van der Waals surface area (Å²) in [6.07, 6.45) is 6.87. The third-order valence-corrected chi connectivity index (χ3v) is 7.46. The summed E-state index contributed by atoms with van der Waals surface area (Å²) < 4.78 is 17.3. The minimum atomic E-state index is -0.678. The Kier molecular flexibility index (Phi) is 9.93. The minimum Gasteiger partial charge on any atom is -0.383 e. The zero-order valence-corrected chi connectivity index (χ0v) is 17.7. The van der Waals surface area contributed by atoms with Crippen LogP contribution >= 0.6 is 0 Å². The lowest BCUT2D eigenvalue weighted by Gasteiger charge is -2.33. The fourth-order valence-electron chi connectivity index (χ4n) is 4.01. The number of ether oxygens (including phenoxy) is 1. The maximum atomic E-state index is 12.1. The maximum absolute atomic E-state index is 12.1. The SMILES string of the molecule is CCS(=O)C1CCCC(NC(=NC)NCC2CCN(CCOC)CC2)C1. The smallest absolute Gasteiger partial charge is 0.191 e. The van der Waals surface area contributed by atoms with E-state index in [0.29, 0.717) is 17.2 Å². The van der Waals surface area contributed by atoms with Crippen molar-refractivity contribution in [1.82, 2.24) is 15.5 Å². The van der Waals surface area contributed by atoms with Gasteiger partial charge in [-0.2, -0.15) is 0 Å². The van der Waals surface area contributed by atoms with Gasteiger partial charge < -0.3 is 20.3 Å². The lowest BCUT2D eigenvalue weighted by Crippen LogP contribution is -2.48. The number of methoxy groups -OCH3 is 1. The molecule has 2 rings (SSSR count). The molecule has 26 heavy (non-hydrogen) atoms. The summed E-state index contributed by atoms with van der Waals surface area (Å²) in [6, 6.07) is 0.395. The molecule has 2 fully saturated rings. The van der Waals surface area contributed by atoms with E-state index in [9.17, 15) is 4.21 Å². The van der Waals surface area contributed by atoms with Crippen LogP contribution in [-0.4, -0.2) is 79.1 Å². The molecular formula is C19H38N4O2S. The summed E-state index contributed by atoms with van der Waals surface area (Å²) in [5.41, 5.74) is 0. The fourth-order valence-corrected chi connectivity index (χ4v) is 5.36. The molecular weight excluding hydrogens is 348 g/mol. The van der Waals surface area contributed by atoms with Crippen LogP contribution in [0.3, 0.4) is 0 Å². The largest absolute Gasteiger partial charge is 0.383 e. The number of likely N-dealkylation sites (tertiary alicyclic amines) is 1. The highest BCUT2D eigenvalue weighted by Crippen LogP contribution is 2.23. The van der Waals surface area contributed by atoms with Crippen LogP contribution in [0.5, 0.6) is 0 Å². The second-order valence-electron chi connectivity index (χ2n) is 7.53. The third-order valence-electron chi connectivity index (χ3n) is 5.72. The number of piperidine rings is 1. The molecule has 2 aliphatic rings. The van der Waals surface area contributed by atoms with Crippen molar-refractivity contribution in [3.05, 3.63) is 0 Å². The molecule has 0 amide bonds. The van der Waals surface area contributed by atoms with Crippen molar-refractivity contribution in [2.45, 2.75) is 56.7 Å². The predicted octanol–water partition coefficient (Wildman–Crippen LogP) is 1.59. The molecule has 7 heteroatoms. The second-order valence-corrected chi connectivity index (χ2v) is 9.54. The molecule has 6 nitrogen and oxygen atoms in total. The molecule has 152 valence electrons. The van der Waals surface area contributed by atoms with Gasteiger partial charge in [-0.1, -0.05) is 13.3 Å². The van der Waals surface area contributed by atoms with Crippen molar-refractivity contribution in [3.63, 3.8) is 0 Å². The van der Waals surface area contributed by atoms with E-state index < -0.39 is 10.8 Å². The maximum Gasteiger partial charge on any atom is 0.191 e. The highest BCUT2D eigenvalue weighted by atomic mass is 32.2. The number of guanidine groups is 1. The highest BCUT2D eigenvalue weighted by molar-refractivity contribution is 7.85. The Bertz CT molecular complexity index is 453. The monoisotopic (exact) mass is 386 g/mol. The summed E-state index contributed by atoms with van der Waals surface area (Å²) in [5.74, 6) is 2.38. The molecule has 0 aromatic rings. The molecule has 1 saturated heterocycles. The van der Waals surface area contributed by atoms with Gasteiger partial charge in [0.1, 0.15) is 0 Å². The number of nitrogens with one attached hydrogen (secondary N) is 2. The first-order chi connectivity index (χ1) is 12.7. The van der Waals surface area contributed by atoms with Crippen molar-refractivity contribution < 1.29 is 8.95 Å². The fraction of sp³-hybridized carbons (Fsp3) is 0.947. The Morgan fingerprint density at radius 2 is 2.04 bits per heavy atom. The van der Waals surface area contributed by atoms with Crippen molar-refractivity contribution in [2.24, 2.45) is 10.9 Å². The summed E-state index contributed by atoms with van der Waals surface area (Å²) in [4.78, 5) is 6.89. The van der Waals surface area contributed by atoms with Crippen molar-refractivity contribution in [1.29, 1.82) is 0 Å². The number of hydrogen-bond donors (Lipinski definition) is 2. The van der Waals surface area contributed by atoms with Crippen LogP contribution in [0.15, 0.2) is 4.99 Å². The molecule has 3 atom stereocenters. The zero-order chi connectivity index (χ0) is 18.8. The standard InChI is InChI=1S/C19H38N4O2S/c1-4-26(24)18-7-5-6-17(14-18)22-19(20-2)21-15-16-8-10-23(11-9-16)12-13-25-3/h16-18H,4-15H2,1-3H3,(H2,20,21,22). The van der Waals surface area contributed by atoms with E-state index in [1.165, 1.54) is 12.8 Å². The van der Waals surface area contributed by atoms with E-state index in [1.807, 2.05) is 14.0 Å². The molecule has 1 saturated carbocycles. The van der Waals surface area contributed by atoms with Gasteiger partial charge in [0.05, 0.1) is 6.61 Å². The van der Waals surface area contributed by atoms with Gasteiger partial charge in [-0.3, -0.25) is 9.20 Å². The third kappa shape index (κ3) is 7.16. The van der Waals surface area contributed by atoms with Crippen molar-refractivity contribution in [3.8, 4) is 0 Å². The lowest BCUT2D eigenvalue weighted by atomic mass is 9.95. The molecule has 0 radical (unpaired) electrons.